The number of aromatic nitrogens is 1. The standard InChI is InChI=1S/C10H8Br2N2O/c11-7-3-6(4-14-5-7)9(13)10-8(12)1-2-15-10/h1-5,9H,13H2. The number of nitrogens with zero attached hydrogens (tertiary/aromatic N) is 1. The van der Waals surface area contributed by atoms with Crippen molar-refractivity contribution in [3.63, 3.8) is 0 Å². The Morgan fingerprint density at radius 1 is 1.33 bits per heavy atom. The Kier molecular flexibility index (Phi) is 3.23. The quantitative estimate of drug-likeness (QED) is 0.919. The lowest BCUT2D eigenvalue weighted by Crippen LogP contribution is -2.11. The fraction of sp³-hybridized carbons (Fsp3) is 0.100. The van der Waals surface area contributed by atoms with Gasteiger partial charge in [-0.3, -0.25) is 4.98 Å². The molecule has 2 heterocycles. The number of nitrogens with two attached hydrogens (primary N) is 1. The highest BCUT2D eigenvalue weighted by Gasteiger charge is 2.15. The normalized spacial score (nSPS) is 12.7. The lowest BCUT2D eigenvalue weighted by molar-refractivity contribution is 0.487. The largest absolute Gasteiger partial charge is 0.466 e. The Balaban J connectivity index is 2.36. The van der Waals surface area contributed by atoms with E-state index in [9.17, 15) is 0 Å². The van der Waals surface area contributed by atoms with E-state index in [4.69, 9.17) is 10.2 Å². The molecule has 15 heavy (non-hydrogen) atoms. The van der Waals surface area contributed by atoms with Gasteiger partial charge in [-0.15, -0.1) is 0 Å². The van der Waals surface area contributed by atoms with Gasteiger partial charge in [0.05, 0.1) is 16.8 Å². The van der Waals surface area contributed by atoms with Gasteiger partial charge in [0.25, 0.3) is 0 Å². The summed E-state index contributed by atoms with van der Waals surface area (Å²) in [5.74, 6) is 0.704. The Labute approximate surface area is 104 Å². The van der Waals surface area contributed by atoms with E-state index in [0.717, 1.165) is 14.5 Å². The first-order valence-corrected chi connectivity index (χ1v) is 5.86. The molecule has 0 aromatic carbocycles. The SMILES string of the molecule is NC(c1cncc(Br)c1)c1occc1Br. The summed E-state index contributed by atoms with van der Waals surface area (Å²) in [5.41, 5.74) is 6.95. The van der Waals surface area contributed by atoms with Gasteiger partial charge in [-0.05, 0) is 49.6 Å². The first kappa shape index (κ1) is 10.9. The van der Waals surface area contributed by atoms with Gasteiger partial charge in [-0.1, -0.05) is 0 Å². The minimum atomic E-state index is -0.306. The van der Waals surface area contributed by atoms with Crippen LogP contribution in [0.3, 0.4) is 0 Å². The molecule has 78 valence electrons. The van der Waals surface area contributed by atoms with Gasteiger partial charge in [-0.25, -0.2) is 0 Å². The second-order valence-electron chi connectivity index (χ2n) is 3.05. The molecule has 1 atom stereocenters. The fourth-order valence-electron chi connectivity index (χ4n) is 1.28. The van der Waals surface area contributed by atoms with Crippen molar-refractivity contribution in [1.29, 1.82) is 0 Å². The monoisotopic (exact) mass is 330 g/mol. The molecule has 2 rings (SSSR count). The topological polar surface area (TPSA) is 52.0 Å². The Hall–Kier alpha value is -0.650. The number of hydrogen-bond donors (Lipinski definition) is 1. The zero-order valence-corrected chi connectivity index (χ0v) is 10.8. The maximum absolute atomic E-state index is 6.05. The number of hydrogen-bond acceptors (Lipinski definition) is 3. The summed E-state index contributed by atoms with van der Waals surface area (Å²) >= 11 is 6.73. The van der Waals surface area contributed by atoms with Gasteiger partial charge in [0, 0.05) is 16.9 Å². The molecule has 2 aromatic rings. The van der Waals surface area contributed by atoms with E-state index in [2.05, 4.69) is 36.8 Å². The summed E-state index contributed by atoms with van der Waals surface area (Å²) < 4.78 is 7.08. The van der Waals surface area contributed by atoms with Crippen LogP contribution >= 0.6 is 31.9 Å². The van der Waals surface area contributed by atoms with E-state index in [1.54, 1.807) is 18.7 Å². The second kappa shape index (κ2) is 4.47. The number of pyridine rings is 1. The van der Waals surface area contributed by atoms with E-state index in [1.807, 2.05) is 12.1 Å². The molecular formula is C10H8Br2N2O. The van der Waals surface area contributed by atoms with E-state index in [-0.39, 0.29) is 6.04 Å². The van der Waals surface area contributed by atoms with Gasteiger partial charge in [0.2, 0.25) is 0 Å². The summed E-state index contributed by atoms with van der Waals surface area (Å²) in [7, 11) is 0. The van der Waals surface area contributed by atoms with Gasteiger partial charge < -0.3 is 10.2 Å². The van der Waals surface area contributed by atoms with Crippen LogP contribution in [-0.4, -0.2) is 4.98 Å². The Bertz CT molecular complexity index is 470. The van der Waals surface area contributed by atoms with Crippen LogP contribution in [0.1, 0.15) is 17.4 Å². The van der Waals surface area contributed by atoms with E-state index >= 15 is 0 Å². The molecule has 0 aliphatic heterocycles. The molecule has 0 aliphatic rings. The van der Waals surface area contributed by atoms with Crippen molar-refractivity contribution in [2.45, 2.75) is 6.04 Å². The molecule has 2 aromatic heterocycles. The Morgan fingerprint density at radius 2 is 2.13 bits per heavy atom. The maximum Gasteiger partial charge on any atom is 0.139 e. The van der Waals surface area contributed by atoms with Crippen molar-refractivity contribution in [3.05, 3.63) is 51.1 Å². The van der Waals surface area contributed by atoms with Gasteiger partial charge >= 0.3 is 0 Å². The first-order valence-electron chi connectivity index (χ1n) is 4.27. The number of furan rings is 1. The van der Waals surface area contributed by atoms with Crippen molar-refractivity contribution in [3.8, 4) is 0 Å². The minimum Gasteiger partial charge on any atom is -0.466 e. The second-order valence-corrected chi connectivity index (χ2v) is 4.82. The number of rotatable bonds is 2. The summed E-state index contributed by atoms with van der Waals surface area (Å²) in [5, 5.41) is 0. The van der Waals surface area contributed by atoms with Crippen LogP contribution in [-0.2, 0) is 0 Å². The molecule has 0 radical (unpaired) electrons. The molecule has 0 bridgehead atoms. The maximum atomic E-state index is 6.05. The molecule has 3 nitrogen and oxygen atoms in total. The third kappa shape index (κ3) is 2.30. The van der Waals surface area contributed by atoms with Gasteiger partial charge in [0.1, 0.15) is 5.76 Å². The van der Waals surface area contributed by atoms with E-state index < -0.39 is 0 Å². The van der Waals surface area contributed by atoms with Crippen LogP contribution < -0.4 is 5.73 Å². The molecule has 1 unspecified atom stereocenters. The van der Waals surface area contributed by atoms with Crippen molar-refractivity contribution in [2.24, 2.45) is 5.73 Å². The summed E-state index contributed by atoms with van der Waals surface area (Å²) in [6, 6.07) is 3.44. The lowest BCUT2D eigenvalue weighted by atomic mass is 10.1. The zero-order chi connectivity index (χ0) is 10.8. The molecule has 0 fully saturated rings. The molecule has 2 N–H and O–H groups in total. The first-order chi connectivity index (χ1) is 7.18. The Morgan fingerprint density at radius 3 is 2.73 bits per heavy atom. The zero-order valence-electron chi connectivity index (χ0n) is 7.65. The van der Waals surface area contributed by atoms with Crippen LogP contribution in [0, 0.1) is 0 Å². The smallest absolute Gasteiger partial charge is 0.139 e. The van der Waals surface area contributed by atoms with Crippen molar-refractivity contribution in [1.82, 2.24) is 4.98 Å². The molecule has 0 amide bonds. The van der Waals surface area contributed by atoms with E-state index in [1.165, 1.54) is 0 Å². The van der Waals surface area contributed by atoms with Crippen LogP contribution in [0.2, 0.25) is 0 Å². The van der Waals surface area contributed by atoms with E-state index in [0.29, 0.717) is 5.76 Å². The molecule has 0 saturated carbocycles. The third-order valence-corrected chi connectivity index (χ3v) is 3.10. The third-order valence-electron chi connectivity index (χ3n) is 2.01. The molecule has 0 spiro atoms. The molecular weight excluding hydrogens is 324 g/mol. The van der Waals surface area contributed by atoms with Crippen LogP contribution in [0.25, 0.3) is 0 Å². The average molecular weight is 332 g/mol. The number of halogens is 2. The molecule has 0 aliphatic carbocycles. The van der Waals surface area contributed by atoms with Crippen molar-refractivity contribution >= 4 is 31.9 Å². The molecule has 0 saturated heterocycles. The molecule has 5 heteroatoms. The predicted molar refractivity (Wildman–Crippen MR) is 64.4 cm³/mol. The fourth-order valence-corrected chi connectivity index (χ4v) is 2.11. The minimum absolute atomic E-state index is 0.306. The summed E-state index contributed by atoms with van der Waals surface area (Å²) in [6.07, 6.45) is 5.04. The van der Waals surface area contributed by atoms with Crippen LogP contribution in [0.4, 0.5) is 0 Å². The summed E-state index contributed by atoms with van der Waals surface area (Å²) in [6.45, 7) is 0. The van der Waals surface area contributed by atoms with Crippen molar-refractivity contribution < 1.29 is 4.42 Å². The van der Waals surface area contributed by atoms with Crippen LogP contribution in [0.5, 0.6) is 0 Å². The highest BCUT2D eigenvalue weighted by molar-refractivity contribution is 9.10. The predicted octanol–water partition coefficient (Wildman–Crippen LogP) is 3.25. The highest BCUT2D eigenvalue weighted by Crippen LogP contribution is 2.28. The lowest BCUT2D eigenvalue weighted by Gasteiger charge is -2.09. The van der Waals surface area contributed by atoms with Gasteiger partial charge in [-0.2, -0.15) is 0 Å². The average Bonchev–Trinajstić information content (AvgIpc) is 2.63. The van der Waals surface area contributed by atoms with Gasteiger partial charge in [0.15, 0.2) is 0 Å². The van der Waals surface area contributed by atoms with Crippen LogP contribution in [0.15, 0.2) is 44.2 Å². The van der Waals surface area contributed by atoms with Crippen molar-refractivity contribution in [2.75, 3.05) is 0 Å². The highest BCUT2D eigenvalue weighted by atomic mass is 79.9. The summed E-state index contributed by atoms with van der Waals surface area (Å²) in [4.78, 5) is 4.06.